The molecule has 9 heteroatoms. The summed E-state index contributed by atoms with van der Waals surface area (Å²) in [6.07, 6.45) is -1.89. The van der Waals surface area contributed by atoms with Gasteiger partial charge < -0.3 is 15.0 Å². The molecule has 1 aliphatic rings. The molecule has 0 radical (unpaired) electrons. The number of nitrogens with zero attached hydrogens (tertiary/aromatic N) is 3. The molecule has 0 unspecified atom stereocenters. The predicted octanol–water partition coefficient (Wildman–Crippen LogP) is 5.62. The van der Waals surface area contributed by atoms with Gasteiger partial charge in [-0.3, -0.25) is 9.69 Å². The van der Waals surface area contributed by atoms with E-state index in [-0.39, 0.29) is 11.7 Å². The average Bonchev–Trinajstić information content (AvgIpc) is 2.83. The number of ether oxygens (including phenoxy) is 1. The number of piperazine rings is 1. The maximum Gasteiger partial charge on any atom is 0.573 e. The van der Waals surface area contributed by atoms with Crippen molar-refractivity contribution in [3.8, 4) is 5.75 Å². The molecule has 1 aromatic heterocycles. The number of fused-ring (bicyclic) bond motifs is 1. The van der Waals surface area contributed by atoms with Crippen LogP contribution in [0.5, 0.6) is 5.75 Å². The van der Waals surface area contributed by atoms with Crippen LogP contribution in [0.4, 0.5) is 24.7 Å². The van der Waals surface area contributed by atoms with Crippen molar-refractivity contribution in [2.24, 2.45) is 0 Å². The number of amides is 1. The maximum absolute atomic E-state index is 12.4. The van der Waals surface area contributed by atoms with Crippen LogP contribution in [0, 0.1) is 6.92 Å². The van der Waals surface area contributed by atoms with Crippen molar-refractivity contribution in [1.29, 1.82) is 0 Å². The smallest absolute Gasteiger partial charge is 0.406 e. The minimum Gasteiger partial charge on any atom is -0.406 e. The molecule has 0 spiro atoms. The number of anilines is 2. The Labute approximate surface area is 208 Å². The number of rotatable bonds is 6. The van der Waals surface area contributed by atoms with Crippen molar-refractivity contribution >= 4 is 34.4 Å². The number of benzene rings is 2. The monoisotopic (exact) mass is 498 g/mol. The second-order valence-electron chi connectivity index (χ2n) is 9.09. The molecule has 1 fully saturated rings. The number of nitrogens with one attached hydrogen (secondary N) is 1. The molecular formula is C27H29F3N4O2. The van der Waals surface area contributed by atoms with E-state index < -0.39 is 6.36 Å². The Morgan fingerprint density at radius 2 is 1.75 bits per heavy atom. The van der Waals surface area contributed by atoms with Crippen molar-refractivity contribution in [3.05, 3.63) is 65.7 Å². The van der Waals surface area contributed by atoms with Crippen LogP contribution in [0.15, 0.2) is 54.6 Å². The van der Waals surface area contributed by atoms with Gasteiger partial charge in [0.1, 0.15) is 11.6 Å². The van der Waals surface area contributed by atoms with Gasteiger partial charge in [0.2, 0.25) is 5.91 Å². The summed E-state index contributed by atoms with van der Waals surface area (Å²) in [6.45, 7) is 10.4. The first-order valence-electron chi connectivity index (χ1n) is 11.8. The van der Waals surface area contributed by atoms with Crippen LogP contribution in [0.3, 0.4) is 0 Å². The van der Waals surface area contributed by atoms with Crippen molar-refractivity contribution < 1.29 is 22.7 Å². The molecule has 36 heavy (non-hydrogen) atoms. The van der Waals surface area contributed by atoms with Crippen LogP contribution >= 0.6 is 0 Å². The summed E-state index contributed by atoms with van der Waals surface area (Å²) >= 11 is 0. The van der Waals surface area contributed by atoms with Crippen LogP contribution in [0.1, 0.15) is 25.0 Å². The molecule has 1 amide bonds. The molecule has 3 aromatic rings. The third-order valence-electron chi connectivity index (χ3n) is 6.18. The predicted molar refractivity (Wildman–Crippen MR) is 136 cm³/mol. The molecule has 1 saturated heterocycles. The highest BCUT2D eigenvalue weighted by molar-refractivity contribution is 6.03. The normalized spacial score (nSPS) is 15.1. The molecule has 0 saturated carbocycles. The number of alkyl halides is 3. The standard InChI is InChI=1S/C27H29F3N4O2/c1-18(2)33-12-14-34(15-13-33)25-16-19(3)23-17-21(7-10-24(23)32-25)31-26(35)11-6-20-4-8-22(9-5-20)36-27(28,29)30/h4-11,16-18H,12-15H2,1-3H3,(H,31,35). The molecule has 4 rings (SSSR count). The van der Waals surface area contributed by atoms with Gasteiger partial charge in [-0.1, -0.05) is 12.1 Å². The Balaban J connectivity index is 1.40. The summed E-state index contributed by atoms with van der Waals surface area (Å²) in [7, 11) is 0. The number of pyridine rings is 1. The van der Waals surface area contributed by atoms with E-state index in [0.29, 0.717) is 17.3 Å². The SMILES string of the molecule is Cc1cc(N2CCN(C(C)C)CC2)nc2ccc(NC(=O)C=Cc3ccc(OC(F)(F)F)cc3)cc12. The van der Waals surface area contributed by atoms with E-state index in [1.54, 1.807) is 0 Å². The van der Waals surface area contributed by atoms with E-state index >= 15 is 0 Å². The van der Waals surface area contributed by atoms with Gasteiger partial charge in [-0.15, -0.1) is 13.2 Å². The van der Waals surface area contributed by atoms with Crippen LogP contribution in [-0.2, 0) is 4.79 Å². The maximum atomic E-state index is 12.4. The molecular weight excluding hydrogens is 469 g/mol. The quantitative estimate of drug-likeness (QED) is 0.447. The van der Waals surface area contributed by atoms with Crippen molar-refractivity contribution in [2.75, 3.05) is 36.4 Å². The second-order valence-corrected chi connectivity index (χ2v) is 9.09. The average molecular weight is 499 g/mol. The minimum atomic E-state index is -4.74. The first-order valence-corrected chi connectivity index (χ1v) is 11.8. The summed E-state index contributed by atoms with van der Waals surface area (Å²) < 4.78 is 40.7. The number of carbonyl (C=O) groups excluding carboxylic acids is 1. The number of halogens is 3. The third-order valence-corrected chi connectivity index (χ3v) is 6.18. The molecule has 190 valence electrons. The Kier molecular flexibility index (Phi) is 7.49. The summed E-state index contributed by atoms with van der Waals surface area (Å²) in [5, 5.41) is 3.78. The lowest BCUT2D eigenvalue weighted by Crippen LogP contribution is -2.49. The highest BCUT2D eigenvalue weighted by atomic mass is 19.4. The van der Waals surface area contributed by atoms with Crippen LogP contribution in [0.2, 0.25) is 0 Å². The Morgan fingerprint density at radius 1 is 1.06 bits per heavy atom. The first kappa shape index (κ1) is 25.5. The van der Waals surface area contributed by atoms with Gasteiger partial charge >= 0.3 is 6.36 Å². The topological polar surface area (TPSA) is 57.7 Å². The Morgan fingerprint density at radius 3 is 2.39 bits per heavy atom. The van der Waals surface area contributed by atoms with E-state index in [1.165, 1.54) is 36.4 Å². The zero-order valence-corrected chi connectivity index (χ0v) is 20.5. The lowest BCUT2D eigenvalue weighted by molar-refractivity contribution is -0.274. The molecule has 1 N–H and O–H groups in total. The van der Waals surface area contributed by atoms with Crippen LogP contribution in [-0.4, -0.2) is 54.4 Å². The zero-order valence-electron chi connectivity index (χ0n) is 20.5. The minimum absolute atomic E-state index is 0.315. The van der Waals surface area contributed by atoms with E-state index in [0.717, 1.165) is 48.5 Å². The van der Waals surface area contributed by atoms with Gasteiger partial charge in [0.25, 0.3) is 0 Å². The highest BCUT2D eigenvalue weighted by Crippen LogP contribution is 2.27. The fourth-order valence-electron chi connectivity index (χ4n) is 4.22. The van der Waals surface area contributed by atoms with Crippen LogP contribution in [0.25, 0.3) is 17.0 Å². The van der Waals surface area contributed by atoms with Gasteiger partial charge in [-0.05, 0) is 74.4 Å². The molecule has 6 nitrogen and oxygen atoms in total. The van der Waals surface area contributed by atoms with Gasteiger partial charge in [0.15, 0.2) is 0 Å². The largest absolute Gasteiger partial charge is 0.573 e. The molecule has 2 heterocycles. The Bertz CT molecular complexity index is 1250. The second kappa shape index (κ2) is 10.6. The molecule has 0 atom stereocenters. The summed E-state index contributed by atoms with van der Waals surface area (Å²) in [4.78, 5) is 22.0. The van der Waals surface area contributed by atoms with E-state index in [9.17, 15) is 18.0 Å². The number of carbonyl (C=O) groups is 1. The number of aromatic nitrogens is 1. The number of aryl methyl sites for hydroxylation is 1. The van der Waals surface area contributed by atoms with Crippen molar-refractivity contribution in [1.82, 2.24) is 9.88 Å². The summed E-state index contributed by atoms with van der Waals surface area (Å²) in [5.74, 6) is 0.301. The number of hydrogen-bond acceptors (Lipinski definition) is 5. The molecule has 0 bridgehead atoms. The fraction of sp³-hybridized carbons (Fsp3) is 0.333. The molecule has 1 aliphatic heterocycles. The van der Waals surface area contributed by atoms with Crippen LogP contribution < -0.4 is 15.0 Å². The lowest BCUT2D eigenvalue weighted by Gasteiger charge is -2.37. The van der Waals surface area contributed by atoms with Crippen molar-refractivity contribution in [2.45, 2.75) is 33.2 Å². The highest BCUT2D eigenvalue weighted by Gasteiger charge is 2.30. The van der Waals surface area contributed by atoms with Gasteiger partial charge in [-0.2, -0.15) is 0 Å². The lowest BCUT2D eigenvalue weighted by atomic mass is 10.1. The van der Waals surface area contributed by atoms with E-state index in [4.69, 9.17) is 4.98 Å². The summed E-state index contributed by atoms with van der Waals surface area (Å²) in [5.41, 5.74) is 3.15. The zero-order chi connectivity index (χ0) is 25.9. The molecule has 0 aliphatic carbocycles. The van der Waals surface area contributed by atoms with Gasteiger partial charge in [-0.25, -0.2) is 4.98 Å². The van der Waals surface area contributed by atoms with Gasteiger partial charge in [0, 0.05) is 49.4 Å². The number of hydrogen-bond donors (Lipinski definition) is 1. The van der Waals surface area contributed by atoms with Gasteiger partial charge in [0.05, 0.1) is 5.52 Å². The summed E-state index contributed by atoms with van der Waals surface area (Å²) in [6, 6.07) is 13.5. The third kappa shape index (κ3) is 6.54. The van der Waals surface area contributed by atoms with E-state index in [2.05, 4.69) is 39.8 Å². The first-order chi connectivity index (χ1) is 17.1. The van der Waals surface area contributed by atoms with Crippen molar-refractivity contribution in [3.63, 3.8) is 0 Å². The Hall–Kier alpha value is -3.59. The molecule has 2 aromatic carbocycles. The fourth-order valence-corrected chi connectivity index (χ4v) is 4.22. The van der Waals surface area contributed by atoms with E-state index in [1.807, 2.05) is 25.1 Å².